The van der Waals surface area contributed by atoms with Gasteiger partial charge in [-0.25, -0.2) is 0 Å². The van der Waals surface area contributed by atoms with Gasteiger partial charge >= 0.3 is 5.97 Å². The SMILES string of the molecule is O=C(O)C1Cc2ccc(Cl)cc2CN1Cc1ccccc1Cl. The molecule has 0 aromatic heterocycles. The van der Waals surface area contributed by atoms with E-state index in [0.29, 0.717) is 29.6 Å². The molecule has 0 bridgehead atoms. The number of fused-ring (bicyclic) bond motifs is 1. The molecule has 0 spiro atoms. The summed E-state index contributed by atoms with van der Waals surface area (Å²) in [6.45, 7) is 1.06. The van der Waals surface area contributed by atoms with Gasteiger partial charge in [0, 0.05) is 23.1 Å². The zero-order chi connectivity index (χ0) is 15.7. The van der Waals surface area contributed by atoms with Crippen LogP contribution in [0.4, 0.5) is 0 Å². The van der Waals surface area contributed by atoms with Crippen LogP contribution < -0.4 is 0 Å². The van der Waals surface area contributed by atoms with Gasteiger partial charge in [-0.1, -0.05) is 47.5 Å². The van der Waals surface area contributed by atoms with Crippen LogP contribution in [0.5, 0.6) is 0 Å². The van der Waals surface area contributed by atoms with Gasteiger partial charge in [-0.2, -0.15) is 0 Å². The van der Waals surface area contributed by atoms with Crippen LogP contribution in [0.15, 0.2) is 42.5 Å². The second-order valence-corrected chi connectivity index (χ2v) is 6.31. The summed E-state index contributed by atoms with van der Waals surface area (Å²) in [5.74, 6) is -0.812. The van der Waals surface area contributed by atoms with Gasteiger partial charge in [0.15, 0.2) is 0 Å². The molecule has 2 aromatic rings. The van der Waals surface area contributed by atoms with Gasteiger partial charge in [0.2, 0.25) is 0 Å². The quantitative estimate of drug-likeness (QED) is 0.921. The van der Waals surface area contributed by atoms with Crippen molar-refractivity contribution in [1.82, 2.24) is 4.90 Å². The third-order valence-electron chi connectivity index (χ3n) is 4.01. The number of benzene rings is 2. The first-order valence-corrected chi connectivity index (χ1v) is 7.78. The fraction of sp³-hybridized carbons (Fsp3) is 0.235. The zero-order valence-corrected chi connectivity index (χ0v) is 13.3. The van der Waals surface area contributed by atoms with Crippen molar-refractivity contribution in [3.8, 4) is 0 Å². The predicted molar refractivity (Wildman–Crippen MR) is 87.3 cm³/mol. The average molecular weight is 336 g/mol. The van der Waals surface area contributed by atoms with Crippen LogP contribution in [0.2, 0.25) is 10.0 Å². The summed E-state index contributed by atoms with van der Waals surface area (Å²) in [6, 6.07) is 12.6. The number of halogens is 2. The van der Waals surface area contributed by atoms with E-state index in [1.54, 1.807) is 0 Å². The third kappa shape index (κ3) is 3.12. The molecule has 114 valence electrons. The number of aliphatic carboxylic acids is 1. The smallest absolute Gasteiger partial charge is 0.321 e. The summed E-state index contributed by atoms with van der Waals surface area (Å²) in [4.78, 5) is 13.5. The van der Waals surface area contributed by atoms with Gasteiger partial charge in [0.1, 0.15) is 6.04 Å². The number of nitrogens with zero attached hydrogens (tertiary/aromatic N) is 1. The second kappa shape index (κ2) is 6.29. The van der Waals surface area contributed by atoms with Crippen LogP contribution in [0, 0.1) is 0 Å². The molecule has 3 nitrogen and oxygen atoms in total. The van der Waals surface area contributed by atoms with Crippen LogP contribution in [0.1, 0.15) is 16.7 Å². The van der Waals surface area contributed by atoms with Crippen molar-refractivity contribution in [2.75, 3.05) is 0 Å². The van der Waals surface area contributed by atoms with Gasteiger partial charge in [0.05, 0.1) is 0 Å². The van der Waals surface area contributed by atoms with Crippen molar-refractivity contribution in [1.29, 1.82) is 0 Å². The van der Waals surface area contributed by atoms with Crippen molar-refractivity contribution in [2.24, 2.45) is 0 Å². The van der Waals surface area contributed by atoms with E-state index in [1.807, 2.05) is 47.4 Å². The zero-order valence-electron chi connectivity index (χ0n) is 11.8. The van der Waals surface area contributed by atoms with Crippen LogP contribution >= 0.6 is 23.2 Å². The lowest BCUT2D eigenvalue weighted by Gasteiger charge is -2.34. The van der Waals surface area contributed by atoms with Gasteiger partial charge in [-0.05, 0) is 41.3 Å². The van der Waals surface area contributed by atoms with E-state index < -0.39 is 12.0 Å². The molecule has 1 heterocycles. The lowest BCUT2D eigenvalue weighted by atomic mass is 9.93. The maximum atomic E-state index is 11.6. The molecular weight excluding hydrogens is 321 g/mol. The molecule has 5 heteroatoms. The highest BCUT2D eigenvalue weighted by atomic mass is 35.5. The first-order chi connectivity index (χ1) is 10.5. The largest absolute Gasteiger partial charge is 0.480 e. The molecule has 1 aliphatic heterocycles. The minimum absolute atomic E-state index is 0.478. The highest BCUT2D eigenvalue weighted by Crippen LogP contribution is 2.28. The number of hydrogen-bond acceptors (Lipinski definition) is 2. The Bertz CT molecular complexity index is 718. The first kappa shape index (κ1) is 15.3. The highest BCUT2D eigenvalue weighted by molar-refractivity contribution is 6.31. The van der Waals surface area contributed by atoms with Crippen molar-refractivity contribution in [3.05, 3.63) is 69.2 Å². The van der Waals surface area contributed by atoms with Crippen molar-refractivity contribution in [2.45, 2.75) is 25.6 Å². The monoisotopic (exact) mass is 335 g/mol. The van der Waals surface area contributed by atoms with E-state index in [-0.39, 0.29) is 0 Å². The van der Waals surface area contributed by atoms with E-state index >= 15 is 0 Å². The molecule has 0 aliphatic carbocycles. The molecule has 2 aromatic carbocycles. The Kier molecular flexibility index (Phi) is 4.39. The number of carboxylic acids is 1. The van der Waals surface area contributed by atoms with E-state index in [1.165, 1.54) is 0 Å². The predicted octanol–water partition coefficient (Wildman–Crippen LogP) is 4.00. The molecule has 1 N–H and O–H groups in total. The van der Waals surface area contributed by atoms with Crippen molar-refractivity contribution < 1.29 is 9.90 Å². The average Bonchev–Trinajstić information content (AvgIpc) is 2.48. The van der Waals surface area contributed by atoms with E-state index in [9.17, 15) is 9.90 Å². The highest BCUT2D eigenvalue weighted by Gasteiger charge is 2.31. The van der Waals surface area contributed by atoms with Crippen LogP contribution in [-0.2, 0) is 24.3 Å². The molecular formula is C17H15Cl2NO2. The Balaban J connectivity index is 1.91. The Morgan fingerprint density at radius 1 is 1.18 bits per heavy atom. The van der Waals surface area contributed by atoms with E-state index in [2.05, 4.69) is 0 Å². The fourth-order valence-corrected chi connectivity index (χ4v) is 3.25. The minimum Gasteiger partial charge on any atom is -0.480 e. The Morgan fingerprint density at radius 2 is 1.95 bits per heavy atom. The topological polar surface area (TPSA) is 40.5 Å². The lowest BCUT2D eigenvalue weighted by molar-refractivity contribution is -0.144. The molecule has 1 atom stereocenters. The first-order valence-electron chi connectivity index (χ1n) is 7.02. The Hall–Kier alpha value is -1.55. The summed E-state index contributed by atoms with van der Waals surface area (Å²) in [5, 5.41) is 10.9. The summed E-state index contributed by atoms with van der Waals surface area (Å²) in [6.07, 6.45) is 0.478. The molecule has 1 aliphatic rings. The Morgan fingerprint density at radius 3 is 2.68 bits per heavy atom. The van der Waals surface area contributed by atoms with Crippen LogP contribution in [0.25, 0.3) is 0 Å². The summed E-state index contributed by atoms with van der Waals surface area (Å²) < 4.78 is 0. The van der Waals surface area contributed by atoms with Crippen LogP contribution in [-0.4, -0.2) is 22.0 Å². The summed E-state index contributed by atoms with van der Waals surface area (Å²) in [5.41, 5.74) is 3.06. The lowest BCUT2D eigenvalue weighted by Crippen LogP contribution is -2.45. The fourth-order valence-electron chi connectivity index (χ4n) is 2.86. The molecule has 3 rings (SSSR count). The number of hydrogen-bond donors (Lipinski definition) is 1. The van der Waals surface area contributed by atoms with Gasteiger partial charge in [-0.15, -0.1) is 0 Å². The Labute approximate surface area is 139 Å². The summed E-state index contributed by atoms with van der Waals surface area (Å²) >= 11 is 12.3. The van der Waals surface area contributed by atoms with Crippen LogP contribution in [0.3, 0.4) is 0 Å². The van der Waals surface area contributed by atoms with Gasteiger partial charge in [-0.3, -0.25) is 9.69 Å². The summed E-state index contributed by atoms with van der Waals surface area (Å²) in [7, 11) is 0. The number of carbonyl (C=O) groups is 1. The standard InChI is InChI=1S/C17H15Cl2NO2/c18-14-6-5-11-8-16(17(21)22)20(10-13(11)7-14)9-12-3-1-2-4-15(12)19/h1-7,16H,8-10H2,(H,21,22). The molecule has 0 radical (unpaired) electrons. The van der Waals surface area contributed by atoms with E-state index in [0.717, 1.165) is 16.7 Å². The molecule has 0 saturated carbocycles. The van der Waals surface area contributed by atoms with E-state index in [4.69, 9.17) is 23.2 Å². The van der Waals surface area contributed by atoms with Gasteiger partial charge < -0.3 is 5.11 Å². The number of carboxylic acid groups (broad SMARTS) is 1. The molecule has 0 fully saturated rings. The van der Waals surface area contributed by atoms with Gasteiger partial charge in [0.25, 0.3) is 0 Å². The molecule has 22 heavy (non-hydrogen) atoms. The molecule has 0 amide bonds. The maximum absolute atomic E-state index is 11.6. The molecule has 1 unspecified atom stereocenters. The molecule has 0 saturated heterocycles. The second-order valence-electron chi connectivity index (χ2n) is 5.47. The maximum Gasteiger partial charge on any atom is 0.321 e. The minimum atomic E-state index is -0.812. The third-order valence-corrected chi connectivity index (χ3v) is 4.62. The number of rotatable bonds is 3. The van der Waals surface area contributed by atoms with Crippen molar-refractivity contribution >= 4 is 29.2 Å². The van der Waals surface area contributed by atoms with Crippen molar-refractivity contribution in [3.63, 3.8) is 0 Å². The normalized spacial score (nSPS) is 18.0.